The van der Waals surface area contributed by atoms with E-state index in [0.717, 1.165) is 11.8 Å². The van der Waals surface area contributed by atoms with Crippen LogP contribution < -0.4 is 15.6 Å². The van der Waals surface area contributed by atoms with Crippen LogP contribution in [-0.2, 0) is 14.3 Å². The molecule has 1 aromatic carbocycles. The van der Waals surface area contributed by atoms with E-state index in [4.69, 9.17) is 9.47 Å². The van der Waals surface area contributed by atoms with Gasteiger partial charge >= 0.3 is 5.97 Å². The number of aryl methyl sites for hydroxylation is 1. The number of H-pyrrole nitrogens is 1. The number of methoxy groups -OCH3 is 1. The van der Waals surface area contributed by atoms with Crippen LogP contribution in [0.2, 0.25) is 0 Å². The number of anilines is 1. The van der Waals surface area contributed by atoms with Gasteiger partial charge in [0.1, 0.15) is 11.8 Å². The maximum atomic E-state index is 12.1. The minimum Gasteiger partial charge on any atom is -0.497 e. The number of nitriles is 1. The number of thioether (sulfide) groups is 1. The average molecular weight is 401 g/mol. The maximum Gasteiger partial charge on any atom is 0.317 e. The van der Waals surface area contributed by atoms with E-state index in [2.05, 4.69) is 10.3 Å². The molecule has 9 heteroatoms. The number of nitrogens with zero attached hydrogens (tertiary/aromatic N) is 1. The Labute approximate surface area is 165 Å². The van der Waals surface area contributed by atoms with Crippen molar-refractivity contribution in [1.29, 1.82) is 5.26 Å². The van der Waals surface area contributed by atoms with Gasteiger partial charge in [0.05, 0.1) is 23.5 Å². The van der Waals surface area contributed by atoms with Gasteiger partial charge in [-0.15, -0.1) is 0 Å². The molecule has 1 aromatic heterocycles. The molecule has 0 saturated heterocycles. The van der Waals surface area contributed by atoms with Crippen molar-refractivity contribution in [3.63, 3.8) is 0 Å². The summed E-state index contributed by atoms with van der Waals surface area (Å²) in [6, 6.07) is 10.0. The number of aromatic nitrogens is 1. The quantitative estimate of drug-likeness (QED) is 0.539. The normalized spacial score (nSPS) is 11.2. The number of carbonyl (C=O) groups is 2. The molecule has 0 spiro atoms. The Balaban J connectivity index is 1.91. The van der Waals surface area contributed by atoms with E-state index in [1.165, 1.54) is 13.0 Å². The number of benzene rings is 1. The molecule has 0 aliphatic carbocycles. The summed E-state index contributed by atoms with van der Waals surface area (Å²) in [7, 11) is 1.54. The van der Waals surface area contributed by atoms with Crippen molar-refractivity contribution in [1.82, 2.24) is 4.98 Å². The van der Waals surface area contributed by atoms with Crippen LogP contribution in [0.1, 0.15) is 18.1 Å². The smallest absolute Gasteiger partial charge is 0.317 e. The molecule has 0 unspecified atom stereocenters. The molecule has 8 nitrogen and oxygen atoms in total. The zero-order valence-electron chi connectivity index (χ0n) is 15.6. The van der Waals surface area contributed by atoms with Crippen LogP contribution in [0.25, 0.3) is 0 Å². The SMILES string of the molecule is COc1ccc(NC(=O)[C@H](C)OC(=O)CSc2[nH]c(=O)cc(C)c2C#N)cc1. The van der Waals surface area contributed by atoms with Crippen molar-refractivity contribution in [2.45, 2.75) is 25.0 Å². The number of pyridine rings is 1. The predicted molar refractivity (Wildman–Crippen MR) is 104 cm³/mol. The van der Waals surface area contributed by atoms with Gasteiger partial charge in [-0.1, -0.05) is 11.8 Å². The molecule has 0 aliphatic rings. The number of hydrogen-bond donors (Lipinski definition) is 2. The number of amides is 1. The summed E-state index contributed by atoms with van der Waals surface area (Å²) in [5.41, 5.74) is 0.996. The van der Waals surface area contributed by atoms with Crippen molar-refractivity contribution in [3.8, 4) is 11.8 Å². The lowest BCUT2D eigenvalue weighted by Crippen LogP contribution is -2.30. The third-order valence-corrected chi connectivity index (χ3v) is 4.66. The second-order valence-corrected chi connectivity index (χ2v) is 6.76. The lowest BCUT2D eigenvalue weighted by Gasteiger charge is -2.14. The highest BCUT2D eigenvalue weighted by Crippen LogP contribution is 2.21. The molecular weight excluding hydrogens is 382 g/mol. The van der Waals surface area contributed by atoms with E-state index in [1.54, 1.807) is 38.3 Å². The molecule has 0 saturated carbocycles. The van der Waals surface area contributed by atoms with Crippen LogP contribution in [-0.4, -0.2) is 35.8 Å². The van der Waals surface area contributed by atoms with Gasteiger partial charge in [-0.05, 0) is 43.7 Å². The summed E-state index contributed by atoms with van der Waals surface area (Å²) in [5, 5.41) is 12.1. The molecule has 2 N–H and O–H groups in total. The minimum atomic E-state index is -1.01. The molecule has 0 fully saturated rings. The van der Waals surface area contributed by atoms with E-state index in [0.29, 0.717) is 27.6 Å². The highest BCUT2D eigenvalue weighted by Gasteiger charge is 2.19. The predicted octanol–water partition coefficient (Wildman–Crippen LogP) is 2.23. The molecule has 146 valence electrons. The fourth-order valence-corrected chi connectivity index (χ4v) is 3.09. The molecule has 1 amide bonds. The van der Waals surface area contributed by atoms with Gasteiger partial charge in [0.2, 0.25) is 5.56 Å². The monoisotopic (exact) mass is 401 g/mol. The fourth-order valence-electron chi connectivity index (χ4n) is 2.24. The van der Waals surface area contributed by atoms with Gasteiger partial charge in [-0.3, -0.25) is 14.4 Å². The summed E-state index contributed by atoms with van der Waals surface area (Å²) in [6.45, 7) is 3.10. The van der Waals surface area contributed by atoms with Gasteiger partial charge in [0.15, 0.2) is 6.10 Å². The summed E-state index contributed by atoms with van der Waals surface area (Å²) in [5.74, 6) is -0.631. The van der Waals surface area contributed by atoms with E-state index >= 15 is 0 Å². The number of nitrogens with one attached hydrogen (secondary N) is 2. The van der Waals surface area contributed by atoms with E-state index in [1.807, 2.05) is 6.07 Å². The largest absolute Gasteiger partial charge is 0.497 e. The second kappa shape index (κ2) is 9.62. The van der Waals surface area contributed by atoms with Gasteiger partial charge in [0, 0.05) is 11.8 Å². The number of aromatic amines is 1. The zero-order valence-corrected chi connectivity index (χ0v) is 16.4. The number of hydrogen-bond acceptors (Lipinski definition) is 7. The summed E-state index contributed by atoms with van der Waals surface area (Å²) >= 11 is 0.972. The van der Waals surface area contributed by atoms with Crippen molar-refractivity contribution in [3.05, 3.63) is 51.8 Å². The van der Waals surface area contributed by atoms with Crippen molar-refractivity contribution in [2.75, 3.05) is 18.2 Å². The Bertz CT molecular complexity index is 963. The summed E-state index contributed by atoms with van der Waals surface area (Å²) in [4.78, 5) is 38.2. The molecule has 0 bridgehead atoms. The highest BCUT2D eigenvalue weighted by molar-refractivity contribution is 7.99. The molecule has 0 aliphatic heterocycles. The van der Waals surface area contributed by atoms with E-state index in [-0.39, 0.29) is 11.3 Å². The molecule has 28 heavy (non-hydrogen) atoms. The first-order valence-corrected chi connectivity index (χ1v) is 9.23. The van der Waals surface area contributed by atoms with Crippen molar-refractivity contribution < 1.29 is 19.1 Å². The van der Waals surface area contributed by atoms with Crippen LogP contribution in [0.3, 0.4) is 0 Å². The minimum absolute atomic E-state index is 0.159. The van der Waals surface area contributed by atoms with Crippen LogP contribution >= 0.6 is 11.8 Å². The first kappa shape index (κ1) is 21.1. The van der Waals surface area contributed by atoms with Crippen LogP contribution in [0.15, 0.2) is 40.2 Å². The molecule has 0 radical (unpaired) electrons. The second-order valence-electron chi connectivity index (χ2n) is 5.77. The number of carbonyl (C=O) groups excluding carboxylic acids is 2. The Morgan fingerprint density at radius 2 is 2.00 bits per heavy atom. The fraction of sp³-hybridized carbons (Fsp3) is 0.263. The van der Waals surface area contributed by atoms with E-state index in [9.17, 15) is 19.6 Å². The topological polar surface area (TPSA) is 121 Å². The lowest BCUT2D eigenvalue weighted by atomic mass is 10.2. The maximum absolute atomic E-state index is 12.1. The van der Waals surface area contributed by atoms with E-state index < -0.39 is 18.0 Å². The molecular formula is C19H19N3O5S. The molecule has 2 aromatic rings. The van der Waals surface area contributed by atoms with Crippen LogP contribution in [0.4, 0.5) is 5.69 Å². The van der Waals surface area contributed by atoms with Crippen LogP contribution in [0, 0.1) is 18.3 Å². The number of ether oxygens (including phenoxy) is 2. The van der Waals surface area contributed by atoms with Gasteiger partial charge in [-0.25, -0.2) is 0 Å². The standard InChI is InChI=1S/C19H19N3O5S/c1-11-8-16(23)22-19(15(11)9-20)28-10-17(24)27-12(2)18(25)21-13-4-6-14(26-3)7-5-13/h4-8,12H,10H2,1-3H3,(H,21,25)(H,22,23)/t12-/m0/s1. The Morgan fingerprint density at radius 3 is 2.61 bits per heavy atom. The van der Waals surface area contributed by atoms with Gasteiger partial charge in [0.25, 0.3) is 5.91 Å². The third kappa shape index (κ3) is 5.62. The van der Waals surface area contributed by atoms with Gasteiger partial charge in [-0.2, -0.15) is 5.26 Å². The summed E-state index contributed by atoms with van der Waals surface area (Å²) in [6.07, 6.45) is -1.01. The Hall–Kier alpha value is -3.25. The third-order valence-electron chi connectivity index (χ3n) is 3.69. The number of esters is 1. The molecule has 2 rings (SSSR count). The number of rotatable bonds is 7. The van der Waals surface area contributed by atoms with Crippen LogP contribution in [0.5, 0.6) is 5.75 Å². The van der Waals surface area contributed by atoms with Crippen molar-refractivity contribution >= 4 is 29.3 Å². The summed E-state index contributed by atoms with van der Waals surface area (Å²) < 4.78 is 10.2. The Kier molecular flexibility index (Phi) is 7.23. The first-order chi connectivity index (χ1) is 13.3. The highest BCUT2D eigenvalue weighted by atomic mass is 32.2. The van der Waals surface area contributed by atoms with Gasteiger partial charge < -0.3 is 19.8 Å². The molecule has 1 heterocycles. The lowest BCUT2D eigenvalue weighted by molar-refractivity contribution is -0.150. The van der Waals surface area contributed by atoms with Crippen molar-refractivity contribution in [2.24, 2.45) is 0 Å². The first-order valence-electron chi connectivity index (χ1n) is 8.25. The average Bonchev–Trinajstić information content (AvgIpc) is 2.66. The Morgan fingerprint density at radius 1 is 1.32 bits per heavy atom. The molecule has 1 atom stereocenters. The zero-order chi connectivity index (χ0) is 20.7.